The lowest BCUT2D eigenvalue weighted by molar-refractivity contribution is 0.0600. The van der Waals surface area contributed by atoms with Crippen LogP contribution in [-0.4, -0.2) is 45.3 Å². The molecule has 0 bridgehead atoms. The van der Waals surface area contributed by atoms with Crippen molar-refractivity contribution in [3.8, 4) is 0 Å². The van der Waals surface area contributed by atoms with E-state index in [9.17, 15) is 9.59 Å². The van der Waals surface area contributed by atoms with Gasteiger partial charge in [0.15, 0.2) is 0 Å². The minimum atomic E-state index is -0.467. The van der Waals surface area contributed by atoms with Gasteiger partial charge in [-0.1, -0.05) is 6.07 Å². The second-order valence-corrected chi connectivity index (χ2v) is 6.13. The standard InChI is InChI=1S/C20H22N2O4/c1-14-12-17(22-8-10-26-11-9-22)6-7-18(14)21-19(23)15-4-3-5-16(13-15)20(24)25-2/h3-7,12-13H,8-11H2,1-2H3,(H,21,23). The molecule has 0 spiro atoms. The number of rotatable bonds is 4. The third-order valence-corrected chi connectivity index (χ3v) is 4.38. The molecule has 2 aromatic carbocycles. The Bertz CT molecular complexity index is 813. The highest BCUT2D eigenvalue weighted by Crippen LogP contribution is 2.24. The highest BCUT2D eigenvalue weighted by molar-refractivity contribution is 6.06. The van der Waals surface area contributed by atoms with E-state index in [1.807, 2.05) is 19.1 Å². The van der Waals surface area contributed by atoms with Gasteiger partial charge in [0.1, 0.15) is 0 Å². The van der Waals surface area contributed by atoms with Gasteiger partial charge in [0.05, 0.1) is 25.9 Å². The summed E-state index contributed by atoms with van der Waals surface area (Å²) in [7, 11) is 1.31. The number of carbonyl (C=O) groups excluding carboxylic acids is 2. The lowest BCUT2D eigenvalue weighted by atomic mass is 10.1. The van der Waals surface area contributed by atoms with Crippen molar-refractivity contribution >= 4 is 23.3 Å². The van der Waals surface area contributed by atoms with Crippen molar-refractivity contribution in [1.29, 1.82) is 0 Å². The lowest BCUT2D eigenvalue weighted by Crippen LogP contribution is -2.36. The molecule has 3 rings (SSSR count). The van der Waals surface area contributed by atoms with Gasteiger partial charge in [-0.2, -0.15) is 0 Å². The molecule has 0 aromatic heterocycles. The predicted molar refractivity (Wildman–Crippen MR) is 99.9 cm³/mol. The molecule has 0 radical (unpaired) electrons. The monoisotopic (exact) mass is 354 g/mol. The lowest BCUT2D eigenvalue weighted by Gasteiger charge is -2.29. The summed E-state index contributed by atoms with van der Waals surface area (Å²) in [6.07, 6.45) is 0. The van der Waals surface area contributed by atoms with Crippen LogP contribution in [0.25, 0.3) is 0 Å². The average Bonchev–Trinajstić information content (AvgIpc) is 2.69. The largest absolute Gasteiger partial charge is 0.465 e. The summed E-state index contributed by atoms with van der Waals surface area (Å²) in [4.78, 5) is 26.4. The smallest absolute Gasteiger partial charge is 0.337 e. The van der Waals surface area contributed by atoms with Crippen LogP contribution in [-0.2, 0) is 9.47 Å². The number of amides is 1. The molecule has 0 saturated carbocycles. The fraction of sp³-hybridized carbons (Fsp3) is 0.300. The number of ether oxygens (including phenoxy) is 2. The maximum Gasteiger partial charge on any atom is 0.337 e. The van der Waals surface area contributed by atoms with Gasteiger partial charge in [0.25, 0.3) is 5.91 Å². The third kappa shape index (κ3) is 4.03. The number of nitrogens with one attached hydrogen (secondary N) is 1. The Morgan fingerprint density at radius 1 is 1.08 bits per heavy atom. The summed E-state index contributed by atoms with van der Waals surface area (Å²) in [6.45, 7) is 5.16. The molecule has 1 amide bonds. The number of hydrogen-bond acceptors (Lipinski definition) is 5. The van der Waals surface area contributed by atoms with E-state index < -0.39 is 5.97 Å². The fourth-order valence-corrected chi connectivity index (χ4v) is 2.91. The van der Waals surface area contributed by atoms with Crippen LogP contribution in [0.2, 0.25) is 0 Å². The molecule has 1 aliphatic rings. The molecule has 1 aliphatic heterocycles. The molecule has 136 valence electrons. The molecule has 0 aliphatic carbocycles. The maximum absolute atomic E-state index is 12.5. The zero-order valence-electron chi connectivity index (χ0n) is 15.0. The zero-order chi connectivity index (χ0) is 18.5. The number of nitrogens with zero attached hydrogens (tertiary/aromatic N) is 1. The molecule has 0 atom stereocenters. The van der Waals surface area contributed by atoms with E-state index in [1.165, 1.54) is 13.2 Å². The van der Waals surface area contributed by atoms with Crippen molar-refractivity contribution in [2.24, 2.45) is 0 Å². The van der Waals surface area contributed by atoms with Crippen molar-refractivity contribution in [3.05, 3.63) is 59.2 Å². The van der Waals surface area contributed by atoms with E-state index in [0.717, 1.165) is 43.2 Å². The van der Waals surface area contributed by atoms with Crippen LogP contribution >= 0.6 is 0 Å². The molecular formula is C20H22N2O4. The number of methoxy groups -OCH3 is 1. The number of benzene rings is 2. The highest BCUT2D eigenvalue weighted by Gasteiger charge is 2.14. The second-order valence-electron chi connectivity index (χ2n) is 6.13. The SMILES string of the molecule is COC(=O)c1cccc(C(=O)Nc2ccc(N3CCOCC3)cc2C)c1. The molecule has 1 fully saturated rings. The van der Waals surface area contributed by atoms with Crippen LogP contribution in [0, 0.1) is 6.92 Å². The van der Waals surface area contributed by atoms with Crippen LogP contribution in [0.15, 0.2) is 42.5 Å². The number of carbonyl (C=O) groups is 2. The molecule has 1 heterocycles. The minimum Gasteiger partial charge on any atom is -0.465 e. The maximum atomic E-state index is 12.5. The number of aryl methyl sites for hydroxylation is 1. The van der Waals surface area contributed by atoms with Gasteiger partial charge in [0, 0.05) is 30.0 Å². The van der Waals surface area contributed by atoms with Crippen molar-refractivity contribution in [2.75, 3.05) is 43.6 Å². The van der Waals surface area contributed by atoms with Gasteiger partial charge >= 0.3 is 5.97 Å². The van der Waals surface area contributed by atoms with E-state index in [4.69, 9.17) is 9.47 Å². The van der Waals surface area contributed by atoms with Gasteiger partial charge in [-0.3, -0.25) is 4.79 Å². The Morgan fingerprint density at radius 3 is 2.50 bits per heavy atom. The van der Waals surface area contributed by atoms with Gasteiger partial charge < -0.3 is 19.7 Å². The Kier molecular flexibility index (Phi) is 5.53. The van der Waals surface area contributed by atoms with Gasteiger partial charge in [-0.15, -0.1) is 0 Å². The molecule has 1 N–H and O–H groups in total. The van der Waals surface area contributed by atoms with Crippen molar-refractivity contribution in [1.82, 2.24) is 0 Å². The van der Waals surface area contributed by atoms with Gasteiger partial charge in [0.2, 0.25) is 0 Å². The summed E-state index contributed by atoms with van der Waals surface area (Å²) >= 11 is 0. The van der Waals surface area contributed by atoms with E-state index in [2.05, 4.69) is 16.3 Å². The summed E-state index contributed by atoms with van der Waals surface area (Å²) < 4.78 is 10.1. The number of hydrogen-bond donors (Lipinski definition) is 1. The quantitative estimate of drug-likeness (QED) is 0.855. The summed E-state index contributed by atoms with van der Waals surface area (Å²) in [6, 6.07) is 12.4. The van der Waals surface area contributed by atoms with Crippen molar-refractivity contribution in [3.63, 3.8) is 0 Å². The van der Waals surface area contributed by atoms with Gasteiger partial charge in [-0.25, -0.2) is 4.79 Å². The minimum absolute atomic E-state index is 0.266. The van der Waals surface area contributed by atoms with Crippen molar-refractivity contribution in [2.45, 2.75) is 6.92 Å². The molecule has 2 aromatic rings. The number of esters is 1. The van der Waals surface area contributed by atoms with Crippen LogP contribution < -0.4 is 10.2 Å². The second kappa shape index (κ2) is 8.01. The molecule has 26 heavy (non-hydrogen) atoms. The Labute approximate surface area is 152 Å². The fourth-order valence-electron chi connectivity index (χ4n) is 2.91. The Hall–Kier alpha value is -2.86. The van der Waals surface area contributed by atoms with Crippen LogP contribution in [0.5, 0.6) is 0 Å². The average molecular weight is 354 g/mol. The first-order chi connectivity index (χ1) is 12.6. The normalized spacial score (nSPS) is 14.0. The first-order valence-corrected chi connectivity index (χ1v) is 8.51. The molecule has 0 unspecified atom stereocenters. The molecule has 6 nitrogen and oxygen atoms in total. The van der Waals surface area contributed by atoms with Crippen LogP contribution in [0.3, 0.4) is 0 Å². The van der Waals surface area contributed by atoms with Crippen molar-refractivity contribution < 1.29 is 19.1 Å². The molecular weight excluding hydrogens is 332 g/mol. The predicted octanol–water partition coefficient (Wildman–Crippen LogP) is 2.87. The topological polar surface area (TPSA) is 67.9 Å². The van der Waals surface area contributed by atoms with Crippen LogP contribution in [0.1, 0.15) is 26.3 Å². The molecule has 6 heteroatoms. The van der Waals surface area contributed by atoms with E-state index in [-0.39, 0.29) is 5.91 Å². The highest BCUT2D eigenvalue weighted by atomic mass is 16.5. The summed E-state index contributed by atoms with van der Waals surface area (Å²) in [5.74, 6) is -0.733. The Balaban J connectivity index is 1.74. The zero-order valence-corrected chi connectivity index (χ0v) is 15.0. The van der Waals surface area contributed by atoms with Crippen LogP contribution in [0.4, 0.5) is 11.4 Å². The first-order valence-electron chi connectivity index (χ1n) is 8.51. The third-order valence-electron chi connectivity index (χ3n) is 4.38. The first kappa shape index (κ1) is 17.9. The number of morpholine rings is 1. The van der Waals surface area contributed by atoms with Gasteiger partial charge in [-0.05, 0) is 48.9 Å². The Morgan fingerprint density at radius 2 is 1.81 bits per heavy atom. The van der Waals surface area contributed by atoms with E-state index in [0.29, 0.717) is 11.1 Å². The van der Waals surface area contributed by atoms with E-state index >= 15 is 0 Å². The molecule has 1 saturated heterocycles. The van der Waals surface area contributed by atoms with E-state index in [1.54, 1.807) is 18.2 Å². The summed E-state index contributed by atoms with van der Waals surface area (Å²) in [5.41, 5.74) is 3.60. The number of anilines is 2. The summed E-state index contributed by atoms with van der Waals surface area (Å²) in [5, 5.41) is 2.91.